The lowest BCUT2D eigenvalue weighted by Gasteiger charge is -2.40. The zero-order valence-corrected chi connectivity index (χ0v) is 18.5. The predicted molar refractivity (Wildman–Crippen MR) is 109 cm³/mol. The molecule has 2 unspecified atom stereocenters. The number of nitrogens with two attached hydrogens (primary N) is 1. The van der Waals surface area contributed by atoms with Crippen molar-refractivity contribution in [3.63, 3.8) is 0 Å². The summed E-state index contributed by atoms with van der Waals surface area (Å²) in [5.41, 5.74) is 6.54. The summed E-state index contributed by atoms with van der Waals surface area (Å²) in [7, 11) is -2.05. The summed E-state index contributed by atoms with van der Waals surface area (Å²) in [6.07, 6.45) is 8.89. The zero-order chi connectivity index (χ0) is 19.1. The Labute approximate surface area is 156 Å². The monoisotopic (exact) mass is 370 g/mol. The van der Waals surface area contributed by atoms with Gasteiger partial charge in [0.25, 0.3) is 0 Å². The Morgan fingerprint density at radius 2 is 1.84 bits per heavy atom. The van der Waals surface area contributed by atoms with Gasteiger partial charge in [0.1, 0.15) is 6.10 Å². The molecule has 2 atom stereocenters. The van der Waals surface area contributed by atoms with E-state index >= 15 is 0 Å². The SMILES string of the molecule is CCCCNC(=O)C(O[Si](C)(C)C(C)(C)C)C(N)CC1CCCCC1. The summed E-state index contributed by atoms with van der Waals surface area (Å²) >= 11 is 0. The fourth-order valence-corrected chi connectivity index (χ4v) is 4.52. The molecule has 0 aromatic carbocycles. The van der Waals surface area contributed by atoms with E-state index in [1.165, 1.54) is 32.1 Å². The summed E-state index contributed by atoms with van der Waals surface area (Å²) in [4.78, 5) is 12.8. The maximum atomic E-state index is 12.8. The Kier molecular flexibility index (Phi) is 9.13. The Bertz CT molecular complexity index is 401. The van der Waals surface area contributed by atoms with Crippen molar-refractivity contribution >= 4 is 14.2 Å². The smallest absolute Gasteiger partial charge is 0.249 e. The summed E-state index contributed by atoms with van der Waals surface area (Å²) in [6, 6.07) is -0.209. The molecule has 4 nitrogen and oxygen atoms in total. The molecule has 25 heavy (non-hydrogen) atoms. The van der Waals surface area contributed by atoms with Crippen LogP contribution in [0.4, 0.5) is 0 Å². The van der Waals surface area contributed by atoms with E-state index in [1.807, 2.05) is 0 Å². The number of nitrogens with one attached hydrogen (secondary N) is 1. The van der Waals surface area contributed by atoms with Gasteiger partial charge in [-0.1, -0.05) is 66.2 Å². The molecule has 1 aliphatic carbocycles. The molecule has 1 aliphatic rings. The second-order valence-corrected chi connectivity index (χ2v) is 14.1. The maximum Gasteiger partial charge on any atom is 0.249 e. The molecule has 148 valence electrons. The number of carbonyl (C=O) groups excluding carboxylic acids is 1. The Morgan fingerprint density at radius 3 is 2.36 bits per heavy atom. The standard InChI is InChI=1S/C20H42N2O2Si/c1-7-8-14-22-19(23)18(24-25(5,6)20(2,3)4)17(21)15-16-12-10-9-11-13-16/h16-18H,7-15,21H2,1-6H3,(H,22,23). The van der Waals surface area contributed by atoms with Crippen LogP contribution < -0.4 is 11.1 Å². The molecule has 0 heterocycles. The number of hydrogen-bond acceptors (Lipinski definition) is 3. The number of amides is 1. The minimum atomic E-state index is -2.05. The minimum absolute atomic E-state index is 0.0124. The van der Waals surface area contributed by atoms with Crippen molar-refractivity contribution in [3.05, 3.63) is 0 Å². The largest absolute Gasteiger partial charge is 0.404 e. The summed E-state index contributed by atoms with van der Waals surface area (Å²) < 4.78 is 6.50. The molecule has 1 amide bonds. The van der Waals surface area contributed by atoms with Crippen molar-refractivity contribution in [1.82, 2.24) is 5.32 Å². The summed E-state index contributed by atoms with van der Waals surface area (Å²) in [5, 5.41) is 3.12. The fraction of sp³-hybridized carbons (Fsp3) is 0.950. The molecule has 0 aliphatic heterocycles. The van der Waals surface area contributed by atoms with Gasteiger partial charge in [0.05, 0.1) is 0 Å². The van der Waals surface area contributed by atoms with Gasteiger partial charge in [0, 0.05) is 12.6 Å². The van der Waals surface area contributed by atoms with Gasteiger partial charge in [0.15, 0.2) is 8.32 Å². The first-order valence-electron chi connectivity index (χ1n) is 10.3. The lowest BCUT2D eigenvalue weighted by atomic mass is 9.84. The fourth-order valence-electron chi connectivity index (χ4n) is 3.25. The second-order valence-electron chi connectivity index (χ2n) is 9.35. The van der Waals surface area contributed by atoms with Crippen molar-refractivity contribution in [1.29, 1.82) is 0 Å². The normalized spacial score (nSPS) is 19.5. The van der Waals surface area contributed by atoms with Crippen LogP contribution in [0.1, 0.15) is 79.1 Å². The third kappa shape index (κ3) is 7.39. The number of rotatable bonds is 9. The van der Waals surface area contributed by atoms with Gasteiger partial charge in [-0.3, -0.25) is 4.79 Å². The Morgan fingerprint density at radius 1 is 1.24 bits per heavy atom. The molecule has 0 saturated heterocycles. The lowest BCUT2D eigenvalue weighted by molar-refractivity contribution is -0.129. The first kappa shape index (κ1) is 22.6. The van der Waals surface area contributed by atoms with Crippen molar-refractivity contribution in [2.24, 2.45) is 11.7 Å². The van der Waals surface area contributed by atoms with E-state index in [2.05, 4.69) is 46.1 Å². The third-order valence-corrected chi connectivity index (χ3v) is 10.5. The maximum absolute atomic E-state index is 12.8. The third-order valence-electron chi connectivity index (χ3n) is 6.03. The Hall–Kier alpha value is -0.393. The van der Waals surface area contributed by atoms with E-state index in [1.54, 1.807) is 0 Å². The van der Waals surface area contributed by atoms with Crippen LogP contribution in [0.3, 0.4) is 0 Å². The van der Waals surface area contributed by atoms with Crippen LogP contribution in [0.5, 0.6) is 0 Å². The van der Waals surface area contributed by atoms with Crippen LogP contribution in [0.2, 0.25) is 18.1 Å². The molecule has 1 fully saturated rings. The van der Waals surface area contributed by atoms with Gasteiger partial charge in [-0.05, 0) is 36.9 Å². The highest BCUT2D eigenvalue weighted by Gasteiger charge is 2.42. The highest BCUT2D eigenvalue weighted by Crippen LogP contribution is 2.38. The molecule has 0 spiro atoms. The average Bonchev–Trinajstić information content (AvgIpc) is 2.52. The van der Waals surface area contributed by atoms with Crippen LogP contribution in [0, 0.1) is 5.92 Å². The van der Waals surface area contributed by atoms with Crippen LogP contribution in [0.25, 0.3) is 0 Å². The summed E-state index contributed by atoms with van der Waals surface area (Å²) in [5.74, 6) is 0.638. The van der Waals surface area contributed by atoms with Crippen molar-refractivity contribution in [2.45, 2.75) is 109 Å². The van der Waals surface area contributed by atoms with E-state index in [0.29, 0.717) is 12.5 Å². The molecule has 1 rings (SSSR count). The van der Waals surface area contributed by atoms with Crippen molar-refractivity contribution < 1.29 is 9.22 Å². The molecule has 0 aromatic rings. The van der Waals surface area contributed by atoms with E-state index in [4.69, 9.17) is 10.2 Å². The molecule has 1 saturated carbocycles. The number of hydrogen-bond donors (Lipinski definition) is 2. The van der Waals surface area contributed by atoms with Crippen molar-refractivity contribution in [2.75, 3.05) is 6.54 Å². The molecule has 0 bridgehead atoms. The first-order chi connectivity index (χ1) is 11.6. The van der Waals surface area contributed by atoms with Crippen LogP contribution in [-0.2, 0) is 9.22 Å². The molecular formula is C20H42N2O2Si. The molecule has 0 radical (unpaired) electrons. The average molecular weight is 371 g/mol. The van der Waals surface area contributed by atoms with E-state index in [-0.39, 0.29) is 17.0 Å². The topological polar surface area (TPSA) is 64.3 Å². The molecular weight excluding hydrogens is 328 g/mol. The highest BCUT2D eigenvalue weighted by molar-refractivity contribution is 6.74. The van der Waals surface area contributed by atoms with Gasteiger partial charge in [-0.25, -0.2) is 0 Å². The minimum Gasteiger partial charge on any atom is -0.404 e. The quantitative estimate of drug-likeness (QED) is 0.461. The Balaban J connectivity index is 2.79. The van der Waals surface area contributed by atoms with Crippen molar-refractivity contribution in [3.8, 4) is 0 Å². The van der Waals surface area contributed by atoms with Gasteiger partial charge >= 0.3 is 0 Å². The first-order valence-corrected chi connectivity index (χ1v) is 13.2. The van der Waals surface area contributed by atoms with Crippen LogP contribution >= 0.6 is 0 Å². The van der Waals surface area contributed by atoms with E-state index < -0.39 is 14.4 Å². The second kappa shape index (κ2) is 10.1. The highest BCUT2D eigenvalue weighted by atomic mass is 28.4. The zero-order valence-electron chi connectivity index (χ0n) is 17.5. The predicted octanol–water partition coefficient (Wildman–Crippen LogP) is 4.59. The molecule has 5 heteroatoms. The lowest BCUT2D eigenvalue weighted by Crippen LogP contribution is -2.55. The van der Waals surface area contributed by atoms with Crippen LogP contribution in [-0.4, -0.2) is 32.9 Å². The van der Waals surface area contributed by atoms with Gasteiger partial charge < -0.3 is 15.5 Å². The summed E-state index contributed by atoms with van der Waals surface area (Å²) in [6.45, 7) is 13.9. The number of unbranched alkanes of at least 4 members (excludes halogenated alkanes) is 1. The van der Waals surface area contributed by atoms with Gasteiger partial charge in [-0.15, -0.1) is 0 Å². The van der Waals surface area contributed by atoms with E-state index in [0.717, 1.165) is 19.3 Å². The van der Waals surface area contributed by atoms with Gasteiger partial charge in [-0.2, -0.15) is 0 Å². The molecule has 3 N–H and O–H groups in total. The van der Waals surface area contributed by atoms with E-state index in [9.17, 15) is 4.79 Å². The van der Waals surface area contributed by atoms with Crippen LogP contribution in [0.15, 0.2) is 0 Å². The van der Waals surface area contributed by atoms with Gasteiger partial charge in [0.2, 0.25) is 5.91 Å². The molecule has 0 aromatic heterocycles. The number of carbonyl (C=O) groups is 1.